The Kier molecular flexibility index (Phi) is 4.82. The minimum atomic E-state index is 0.436. The zero-order valence-corrected chi connectivity index (χ0v) is 12.1. The van der Waals surface area contributed by atoms with Gasteiger partial charge in [0.1, 0.15) is 0 Å². The lowest BCUT2D eigenvalue weighted by atomic mass is 9.92. The van der Waals surface area contributed by atoms with Gasteiger partial charge in [0.05, 0.1) is 6.54 Å². The number of piperidine rings is 1. The van der Waals surface area contributed by atoms with Crippen LogP contribution in [0.25, 0.3) is 0 Å². The molecule has 18 heavy (non-hydrogen) atoms. The van der Waals surface area contributed by atoms with E-state index < -0.39 is 0 Å². The second kappa shape index (κ2) is 6.38. The van der Waals surface area contributed by atoms with Crippen LogP contribution < -0.4 is 5.73 Å². The van der Waals surface area contributed by atoms with Crippen LogP contribution in [-0.2, 0) is 6.54 Å². The number of rotatable bonds is 2. The normalized spacial score (nSPS) is 24.6. The summed E-state index contributed by atoms with van der Waals surface area (Å²) in [6, 6.07) is 2.90. The van der Waals surface area contributed by atoms with Gasteiger partial charge in [-0.05, 0) is 38.3 Å². The van der Waals surface area contributed by atoms with Gasteiger partial charge in [-0.2, -0.15) is 0 Å². The van der Waals surface area contributed by atoms with Gasteiger partial charge < -0.3 is 5.73 Å². The van der Waals surface area contributed by atoms with Crippen molar-refractivity contribution in [1.82, 2.24) is 4.90 Å². The highest BCUT2D eigenvalue weighted by Crippen LogP contribution is 2.26. The summed E-state index contributed by atoms with van der Waals surface area (Å²) < 4.78 is 0. The molecule has 0 bridgehead atoms. The first-order valence-corrected chi connectivity index (χ1v) is 7.59. The predicted octanol–water partition coefficient (Wildman–Crippen LogP) is 2.68. The Labute approximate surface area is 114 Å². The van der Waals surface area contributed by atoms with Crippen molar-refractivity contribution in [2.24, 2.45) is 11.7 Å². The highest BCUT2D eigenvalue weighted by atomic mass is 32.1. The third-order valence-corrected chi connectivity index (χ3v) is 4.77. The van der Waals surface area contributed by atoms with Crippen LogP contribution >= 0.6 is 11.3 Å². The Balaban J connectivity index is 1.98. The Bertz CT molecular complexity index is 441. The summed E-state index contributed by atoms with van der Waals surface area (Å²) in [5, 5.41) is 2.13. The summed E-state index contributed by atoms with van der Waals surface area (Å²) in [5.41, 5.74) is 6.50. The Morgan fingerprint density at radius 2 is 2.33 bits per heavy atom. The first-order valence-electron chi connectivity index (χ1n) is 6.71. The van der Waals surface area contributed by atoms with Crippen molar-refractivity contribution in [1.29, 1.82) is 0 Å². The van der Waals surface area contributed by atoms with Crippen LogP contribution in [-0.4, -0.2) is 24.0 Å². The molecule has 2 nitrogen and oxygen atoms in total. The first kappa shape index (κ1) is 13.6. The summed E-state index contributed by atoms with van der Waals surface area (Å²) >= 11 is 1.81. The molecule has 3 heteroatoms. The summed E-state index contributed by atoms with van der Waals surface area (Å²) in [7, 11) is 0. The van der Waals surface area contributed by atoms with Gasteiger partial charge in [-0.1, -0.05) is 18.8 Å². The van der Waals surface area contributed by atoms with Crippen molar-refractivity contribution >= 4 is 11.3 Å². The Morgan fingerprint density at radius 3 is 3.11 bits per heavy atom. The summed E-state index contributed by atoms with van der Waals surface area (Å²) in [6.07, 6.45) is 2.70. The molecule has 1 aromatic heterocycles. The van der Waals surface area contributed by atoms with E-state index in [2.05, 4.69) is 42.0 Å². The predicted molar refractivity (Wildman–Crippen MR) is 78.5 cm³/mol. The molecule has 0 amide bonds. The van der Waals surface area contributed by atoms with Crippen molar-refractivity contribution < 1.29 is 0 Å². The molecule has 0 spiro atoms. The molecule has 2 rings (SSSR count). The standard InChI is InChI=1S/C15H22N2S/c1-12-5-4-8-17(13(12)2)10-15-9-14(11-18-15)6-3-7-16/h9,11-13H,4-5,7-8,10,16H2,1-2H3. The molecule has 0 aliphatic carbocycles. The zero-order chi connectivity index (χ0) is 13.0. The van der Waals surface area contributed by atoms with Gasteiger partial charge in [-0.15, -0.1) is 11.3 Å². The summed E-state index contributed by atoms with van der Waals surface area (Å²) in [4.78, 5) is 4.01. The SMILES string of the molecule is CC1CCCN(Cc2cc(C#CCN)cs2)C1C. The van der Waals surface area contributed by atoms with Crippen LogP contribution in [0.3, 0.4) is 0 Å². The molecule has 2 N–H and O–H groups in total. The maximum atomic E-state index is 5.39. The molecule has 2 heterocycles. The molecule has 1 aliphatic heterocycles. The summed E-state index contributed by atoms with van der Waals surface area (Å²) in [6.45, 7) is 7.45. The van der Waals surface area contributed by atoms with Crippen LogP contribution in [0.5, 0.6) is 0 Å². The average molecular weight is 262 g/mol. The highest BCUT2D eigenvalue weighted by Gasteiger charge is 2.24. The minimum Gasteiger partial charge on any atom is -0.320 e. The molecule has 0 aromatic carbocycles. The van der Waals surface area contributed by atoms with Crippen molar-refractivity contribution in [3.63, 3.8) is 0 Å². The fourth-order valence-electron chi connectivity index (χ4n) is 2.53. The van der Waals surface area contributed by atoms with E-state index in [9.17, 15) is 0 Å². The van der Waals surface area contributed by atoms with Crippen LogP contribution in [0.2, 0.25) is 0 Å². The second-order valence-corrected chi connectivity index (χ2v) is 6.13. The molecule has 0 radical (unpaired) electrons. The zero-order valence-electron chi connectivity index (χ0n) is 11.3. The molecule has 1 aromatic rings. The van der Waals surface area contributed by atoms with Gasteiger partial charge in [0, 0.05) is 28.4 Å². The van der Waals surface area contributed by atoms with E-state index in [-0.39, 0.29) is 0 Å². The minimum absolute atomic E-state index is 0.436. The second-order valence-electron chi connectivity index (χ2n) is 5.14. The Morgan fingerprint density at radius 1 is 1.50 bits per heavy atom. The molecular weight excluding hydrogens is 240 g/mol. The molecule has 1 aliphatic rings. The average Bonchev–Trinajstić information content (AvgIpc) is 2.80. The van der Waals surface area contributed by atoms with Gasteiger partial charge in [0.2, 0.25) is 0 Å². The quantitative estimate of drug-likeness (QED) is 0.830. The summed E-state index contributed by atoms with van der Waals surface area (Å²) in [5.74, 6) is 6.82. The van der Waals surface area contributed by atoms with Gasteiger partial charge in [0.15, 0.2) is 0 Å². The monoisotopic (exact) mass is 262 g/mol. The van der Waals surface area contributed by atoms with E-state index in [1.807, 2.05) is 11.3 Å². The lowest BCUT2D eigenvalue weighted by Crippen LogP contribution is -2.41. The lowest BCUT2D eigenvalue weighted by Gasteiger charge is -2.37. The smallest absolute Gasteiger partial charge is 0.0555 e. The van der Waals surface area contributed by atoms with Crippen LogP contribution in [0.1, 0.15) is 37.1 Å². The number of likely N-dealkylation sites (tertiary alicyclic amines) is 1. The largest absolute Gasteiger partial charge is 0.320 e. The van der Waals surface area contributed by atoms with Gasteiger partial charge in [-0.25, -0.2) is 0 Å². The van der Waals surface area contributed by atoms with E-state index in [0.29, 0.717) is 12.6 Å². The van der Waals surface area contributed by atoms with E-state index in [0.717, 1.165) is 18.0 Å². The number of nitrogens with two attached hydrogens (primary N) is 1. The number of hydrogen-bond acceptors (Lipinski definition) is 3. The fourth-order valence-corrected chi connectivity index (χ4v) is 3.37. The molecular formula is C15H22N2S. The molecule has 1 saturated heterocycles. The van der Waals surface area contributed by atoms with E-state index in [1.165, 1.54) is 24.3 Å². The number of thiophene rings is 1. The van der Waals surface area contributed by atoms with Crippen molar-refractivity contribution in [2.45, 2.75) is 39.3 Å². The highest BCUT2D eigenvalue weighted by molar-refractivity contribution is 7.10. The van der Waals surface area contributed by atoms with Gasteiger partial charge in [-0.3, -0.25) is 4.90 Å². The maximum Gasteiger partial charge on any atom is 0.0555 e. The fraction of sp³-hybridized carbons (Fsp3) is 0.600. The van der Waals surface area contributed by atoms with Crippen LogP contribution in [0.15, 0.2) is 11.4 Å². The van der Waals surface area contributed by atoms with Crippen LogP contribution in [0, 0.1) is 17.8 Å². The molecule has 2 unspecified atom stereocenters. The van der Waals surface area contributed by atoms with Crippen LogP contribution in [0.4, 0.5) is 0 Å². The van der Waals surface area contributed by atoms with Crippen molar-refractivity contribution in [2.75, 3.05) is 13.1 Å². The molecule has 2 atom stereocenters. The van der Waals surface area contributed by atoms with E-state index in [1.54, 1.807) is 0 Å². The lowest BCUT2D eigenvalue weighted by molar-refractivity contribution is 0.107. The number of hydrogen-bond donors (Lipinski definition) is 1. The molecule has 1 fully saturated rings. The maximum absolute atomic E-state index is 5.39. The molecule has 98 valence electrons. The number of nitrogens with zero attached hydrogens (tertiary/aromatic N) is 1. The van der Waals surface area contributed by atoms with Crippen molar-refractivity contribution in [3.05, 3.63) is 21.9 Å². The van der Waals surface area contributed by atoms with E-state index in [4.69, 9.17) is 5.73 Å². The van der Waals surface area contributed by atoms with Gasteiger partial charge in [0.25, 0.3) is 0 Å². The van der Waals surface area contributed by atoms with E-state index >= 15 is 0 Å². The van der Waals surface area contributed by atoms with Gasteiger partial charge >= 0.3 is 0 Å². The third kappa shape index (κ3) is 3.35. The first-order chi connectivity index (χ1) is 8.70. The van der Waals surface area contributed by atoms with Crippen molar-refractivity contribution in [3.8, 4) is 11.8 Å². The molecule has 0 saturated carbocycles. The Hall–Kier alpha value is -0.820. The third-order valence-electron chi connectivity index (χ3n) is 3.85. The topological polar surface area (TPSA) is 29.3 Å².